The fraction of sp³-hybridized carbons (Fsp3) is 0.545. The van der Waals surface area contributed by atoms with Crippen molar-refractivity contribution < 1.29 is 14.3 Å². The van der Waals surface area contributed by atoms with Crippen LogP contribution in [0, 0.1) is 5.92 Å². The highest BCUT2D eigenvalue weighted by Gasteiger charge is 2.40. The number of carbonyl (C=O) groups is 2. The number of ether oxygens (including phenoxy) is 1. The highest BCUT2D eigenvalue weighted by atomic mass is 16.5. The molecule has 0 saturated carbocycles. The van der Waals surface area contributed by atoms with Gasteiger partial charge in [-0.05, 0) is 31.0 Å². The minimum Gasteiger partial charge on any atom is -0.381 e. The van der Waals surface area contributed by atoms with E-state index in [9.17, 15) is 9.59 Å². The third kappa shape index (κ3) is 3.71. The van der Waals surface area contributed by atoms with E-state index in [1.54, 1.807) is 6.33 Å². The Morgan fingerprint density at radius 1 is 1.10 bits per heavy atom. The standard InChI is InChI=1S/C22H27N5O3/c28-21-12-17(14-27(21)18-3-9-30-10-4-18)22(29)26-7-5-25(6-8-26)19-1-2-20-16(11-19)13-23-15-24-20/h1-2,11,13,15,17-18H,3-10,12,14H2. The maximum atomic E-state index is 13.1. The molecule has 30 heavy (non-hydrogen) atoms. The number of piperazine rings is 1. The van der Waals surface area contributed by atoms with E-state index in [-0.39, 0.29) is 23.8 Å². The average Bonchev–Trinajstić information content (AvgIpc) is 3.20. The lowest BCUT2D eigenvalue weighted by atomic mass is 10.1. The van der Waals surface area contributed by atoms with Crippen molar-refractivity contribution >= 4 is 28.4 Å². The topological polar surface area (TPSA) is 78.9 Å². The molecule has 4 heterocycles. The summed E-state index contributed by atoms with van der Waals surface area (Å²) >= 11 is 0. The van der Waals surface area contributed by atoms with Crippen LogP contribution in [0.3, 0.4) is 0 Å². The normalized spacial score (nSPS) is 23.4. The van der Waals surface area contributed by atoms with Gasteiger partial charge in [0.2, 0.25) is 11.8 Å². The molecule has 8 nitrogen and oxygen atoms in total. The van der Waals surface area contributed by atoms with Crippen LogP contribution in [0.15, 0.2) is 30.7 Å². The summed E-state index contributed by atoms with van der Waals surface area (Å²) in [6, 6.07) is 6.43. The second-order valence-electron chi connectivity index (χ2n) is 8.37. The Bertz CT molecular complexity index is 937. The van der Waals surface area contributed by atoms with E-state index in [1.165, 1.54) is 0 Å². The molecule has 8 heteroatoms. The molecule has 1 atom stereocenters. The Kier molecular flexibility index (Phi) is 5.25. The molecule has 0 radical (unpaired) electrons. The van der Waals surface area contributed by atoms with Gasteiger partial charge in [-0.3, -0.25) is 9.59 Å². The lowest BCUT2D eigenvalue weighted by molar-refractivity contribution is -0.136. The molecule has 0 aliphatic carbocycles. The minimum absolute atomic E-state index is 0.122. The molecule has 0 spiro atoms. The molecule has 3 fully saturated rings. The van der Waals surface area contributed by atoms with Crippen LogP contribution in [-0.4, -0.2) is 83.6 Å². The molecule has 3 aliphatic heterocycles. The van der Waals surface area contributed by atoms with Crippen molar-refractivity contribution in [1.82, 2.24) is 19.8 Å². The zero-order valence-corrected chi connectivity index (χ0v) is 17.1. The van der Waals surface area contributed by atoms with Crippen LogP contribution < -0.4 is 4.90 Å². The lowest BCUT2D eigenvalue weighted by Crippen LogP contribution is -2.51. The molecular weight excluding hydrogens is 382 g/mol. The third-order valence-electron chi connectivity index (χ3n) is 6.58. The number of fused-ring (bicyclic) bond motifs is 1. The molecule has 3 aliphatic rings. The van der Waals surface area contributed by atoms with Crippen molar-refractivity contribution in [2.24, 2.45) is 5.92 Å². The van der Waals surface area contributed by atoms with Gasteiger partial charge >= 0.3 is 0 Å². The number of nitrogens with zero attached hydrogens (tertiary/aromatic N) is 5. The second kappa shape index (κ2) is 8.18. The highest BCUT2D eigenvalue weighted by molar-refractivity contribution is 5.89. The van der Waals surface area contributed by atoms with E-state index >= 15 is 0 Å². The maximum absolute atomic E-state index is 13.1. The Labute approximate surface area is 175 Å². The SMILES string of the molecule is O=C(C1CC(=O)N(C2CCOCC2)C1)N1CCN(c2ccc3ncncc3c2)CC1. The number of carbonyl (C=O) groups excluding carboxylic acids is 2. The Balaban J connectivity index is 1.19. The average molecular weight is 409 g/mol. The quantitative estimate of drug-likeness (QED) is 0.761. The number of rotatable bonds is 3. The molecule has 1 unspecified atom stereocenters. The summed E-state index contributed by atoms with van der Waals surface area (Å²) in [4.78, 5) is 40.1. The van der Waals surface area contributed by atoms with Gasteiger partial charge in [0.25, 0.3) is 0 Å². The van der Waals surface area contributed by atoms with Crippen molar-refractivity contribution in [3.05, 3.63) is 30.7 Å². The second-order valence-corrected chi connectivity index (χ2v) is 8.37. The predicted molar refractivity (Wildman–Crippen MR) is 112 cm³/mol. The number of benzene rings is 1. The number of hydrogen-bond donors (Lipinski definition) is 0. The minimum atomic E-state index is -0.204. The zero-order chi connectivity index (χ0) is 20.5. The maximum Gasteiger partial charge on any atom is 0.228 e. The van der Waals surface area contributed by atoms with E-state index in [1.807, 2.05) is 22.1 Å². The summed E-state index contributed by atoms with van der Waals surface area (Å²) in [5, 5.41) is 1.02. The van der Waals surface area contributed by atoms with Crippen LogP contribution in [0.25, 0.3) is 10.9 Å². The Morgan fingerprint density at radius 3 is 2.70 bits per heavy atom. The monoisotopic (exact) mass is 409 g/mol. The van der Waals surface area contributed by atoms with Crippen molar-refractivity contribution in [2.75, 3.05) is 50.8 Å². The molecule has 2 aromatic rings. The fourth-order valence-electron chi connectivity index (χ4n) is 4.86. The van der Waals surface area contributed by atoms with Crippen molar-refractivity contribution in [2.45, 2.75) is 25.3 Å². The van der Waals surface area contributed by atoms with Gasteiger partial charge in [-0.25, -0.2) is 9.97 Å². The summed E-state index contributed by atoms with van der Waals surface area (Å²) in [6.45, 7) is 4.91. The smallest absolute Gasteiger partial charge is 0.228 e. The molecule has 0 N–H and O–H groups in total. The van der Waals surface area contributed by atoms with Gasteiger partial charge in [0, 0.05) is 75.7 Å². The number of amides is 2. The first-order chi connectivity index (χ1) is 14.7. The van der Waals surface area contributed by atoms with Crippen LogP contribution in [0.2, 0.25) is 0 Å². The molecule has 1 aromatic carbocycles. The lowest BCUT2D eigenvalue weighted by Gasteiger charge is -2.37. The first kappa shape index (κ1) is 19.2. The van der Waals surface area contributed by atoms with Gasteiger partial charge in [0.05, 0.1) is 11.4 Å². The van der Waals surface area contributed by atoms with Gasteiger partial charge in [-0.1, -0.05) is 0 Å². The highest BCUT2D eigenvalue weighted by Crippen LogP contribution is 2.27. The fourth-order valence-corrected chi connectivity index (χ4v) is 4.86. The molecular formula is C22H27N5O3. The van der Waals surface area contributed by atoms with Gasteiger partial charge in [0.15, 0.2) is 0 Å². The van der Waals surface area contributed by atoms with Gasteiger partial charge in [-0.2, -0.15) is 0 Å². The van der Waals surface area contributed by atoms with Gasteiger partial charge < -0.3 is 19.4 Å². The van der Waals surface area contributed by atoms with Crippen molar-refractivity contribution in [3.8, 4) is 0 Å². The number of aromatic nitrogens is 2. The summed E-state index contributed by atoms with van der Waals surface area (Å²) < 4.78 is 5.41. The van der Waals surface area contributed by atoms with Crippen LogP contribution >= 0.6 is 0 Å². The predicted octanol–water partition coefficient (Wildman–Crippen LogP) is 1.31. The summed E-state index contributed by atoms with van der Waals surface area (Å²) in [7, 11) is 0. The van der Waals surface area contributed by atoms with E-state index < -0.39 is 0 Å². The van der Waals surface area contributed by atoms with E-state index in [0.717, 1.165) is 42.5 Å². The molecule has 3 saturated heterocycles. The number of hydrogen-bond acceptors (Lipinski definition) is 6. The van der Waals surface area contributed by atoms with Crippen LogP contribution in [-0.2, 0) is 14.3 Å². The molecule has 5 rings (SSSR count). The molecule has 2 amide bonds. The third-order valence-corrected chi connectivity index (χ3v) is 6.58. The largest absolute Gasteiger partial charge is 0.381 e. The Morgan fingerprint density at radius 2 is 1.90 bits per heavy atom. The summed E-state index contributed by atoms with van der Waals surface area (Å²) in [5.74, 6) is 0.0476. The van der Waals surface area contributed by atoms with E-state index in [2.05, 4.69) is 27.0 Å². The van der Waals surface area contributed by atoms with Gasteiger partial charge in [-0.15, -0.1) is 0 Å². The van der Waals surface area contributed by atoms with Crippen LogP contribution in [0.4, 0.5) is 5.69 Å². The van der Waals surface area contributed by atoms with Crippen LogP contribution in [0.1, 0.15) is 19.3 Å². The summed E-state index contributed by atoms with van der Waals surface area (Å²) in [6.07, 6.45) is 5.49. The molecule has 1 aromatic heterocycles. The molecule has 158 valence electrons. The summed E-state index contributed by atoms with van der Waals surface area (Å²) in [5.41, 5.74) is 2.06. The van der Waals surface area contributed by atoms with Crippen molar-refractivity contribution in [3.63, 3.8) is 0 Å². The van der Waals surface area contributed by atoms with E-state index in [4.69, 9.17) is 4.74 Å². The zero-order valence-electron chi connectivity index (χ0n) is 17.1. The number of anilines is 1. The van der Waals surface area contributed by atoms with Crippen molar-refractivity contribution in [1.29, 1.82) is 0 Å². The first-order valence-electron chi connectivity index (χ1n) is 10.8. The van der Waals surface area contributed by atoms with Gasteiger partial charge in [0.1, 0.15) is 6.33 Å². The number of likely N-dealkylation sites (tertiary alicyclic amines) is 1. The first-order valence-corrected chi connectivity index (χ1v) is 10.8. The van der Waals surface area contributed by atoms with E-state index in [0.29, 0.717) is 39.3 Å². The Hall–Kier alpha value is -2.74. The molecule has 0 bridgehead atoms. The van der Waals surface area contributed by atoms with Crippen LogP contribution in [0.5, 0.6) is 0 Å².